The van der Waals surface area contributed by atoms with Crippen molar-refractivity contribution in [3.05, 3.63) is 0 Å². The Kier molecular flexibility index (Phi) is 4.11. The van der Waals surface area contributed by atoms with Crippen LogP contribution in [0.2, 0.25) is 0 Å². The highest BCUT2D eigenvalue weighted by Crippen LogP contribution is 2.01. The van der Waals surface area contributed by atoms with E-state index in [0.717, 1.165) is 25.9 Å². The molecule has 1 saturated heterocycles. The zero-order chi connectivity index (χ0) is 9.73. The van der Waals surface area contributed by atoms with E-state index in [0.29, 0.717) is 6.54 Å². The Balaban J connectivity index is 2.37. The monoisotopic (exact) mass is 207 g/mol. The normalized spacial score (nSPS) is 24.5. The third-order valence-electron chi connectivity index (χ3n) is 1.95. The molecule has 78 valence electrons. The van der Waals surface area contributed by atoms with Crippen molar-refractivity contribution >= 4 is 10.2 Å². The minimum atomic E-state index is -3.27. The first-order chi connectivity index (χ1) is 6.14. The maximum Gasteiger partial charge on any atom is 0.277 e. The summed E-state index contributed by atoms with van der Waals surface area (Å²) in [5, 5.41) is 3.14. The Morgan fingerprint density at radius 3 is 2.85 bits per heavy atom. The van der Waals surface area contributed by atoms with Crippen LogP contribution in [0.15, 0.2) is 0 Å². The lowest BCUT2D eigenvalue weighted by Crippen LogP contribution is -2.49. The van der Waals surface area contributed by atoms with E-state index in [4.69, 9.17) is 0 Å². The van der Waals surface area contributed by atoms with Crippen LogP contribution in [-0.4, -0.2) is 34.1 Å². The Bertz CT molecular complexity index is 234. The van der Waals surface area contributed by atoms with Crippen molar-refractivity contribution in [3.63, 3.8) is 0 Å². The molecule has 0 radical (unpaired) electrons. The molecule has 0 unspecified atom stereocenters. The van der Waals surface area contributed by atoms with E-state index in [-0.39, 0.29) is 6.04 Å². The summed E-state index contributed by atoms with van der Waals surface area (Å²) in [6, 6.07) is 0.0396. The van der Waals surface area contributed by atoms with Crippen LogP contribution in [0, 0.1) is 0 Å². The third-order valence-corrected chi connectivity index (χ3v) is 3.27. The van der Waals surface area contributed by atoms with Crippen LogP contribution in [-0.2, 0) is 10.2 Å². The molecule has 5 nitrogen and oxygen atoms in total. The lowest BCUT2D eigenvalue weighted by atomic mass is 10.1. The Morgan fingerprint density at radius 1 is 1.54 bits per heavy atom. The van der Waals surface area contributed by atoms with Crippen LogP contribution in [0.1, 0.15) is 19.8 Å². The summed E-state index contributed by atoms with van der Waals surface area (Å²) >= 11 is 0. The molecule has 6 heteroatoms. The summed E-state index contributed by atoms with van der Waals surface area (Å²) < 4.78 is 27.5. The van der Waals surface area contributed by atoms with E-state index in [2.05, 4.69) is 14.8 Å². The predicted octanol–water partition coefficient (Wildman–Crippen LogP) is -0.818. The maximum atomic E-state index is 11.2. The lowest BCUT2D eigenvalue weighted by molar-refractivity contribution is 0.426. The van der Waals surface area contributed by atoms with E-state index in [1.807, 2.05) is 0 Å². The van der Waals surface area contributed by atoms with E-state index < -0.39 is 10.2 Å². The molecule has 1 aliphatic heterocycles. The van der Waals surface area contributed by atoms with Gasteiger partial charge in [0.25, 0.3) is 10.2 Å². The average Bonchev–Trinajstić information content (AvgIpc) is 2.04. The largest absolute Gasteiger partial charge is 0.315 e. The standard InChI is InChI=1S/C7H17N3O2S/c1-2-9-13(11,12)10-7-4-3-5-8-6-7/h7-10H,2-6H2,1H3/t7-/m1/s1. The molecule has 1 fully saturated rings. The van der Waals surface area contributed by atoms with Crippen molar-refractivity contribution in [2.75, 3.05) is 19.6 Å². The van der Waals surface area contributed by atoms with Gasteiger partial charge in [0.2, 0.25) is 0 Å². The van der Waals surface area contributed by atoms with Gasteiger partial charge in [0.15, 0.2) is 0 Å². The van der Waals surface area contributed by atoms with Gasteiger partial charge in [-0.05, 0) is 19.4 Å². The van der Waals surface area contributed by atoms with Crippen LogP contribution in [0.5, 0.6) is 0 Å². The second-order valence-electron chi connectivity index (χ2n) is 3.16. The first-order valence-corrected chi connectivity index (χ1v) is 6.10. The van der Waals surface area contributed by atoms with Gasteiger partial charge in [-0.3, -0.25) is 0 Å². The van der Waals surface area contributed by atoms with Crippen LogP contribution < -0.4 is 14.8 Å². The molecule has 1 heterocycles. The molecule has 0 aromatic heterocycles. The van der Waals surface area contributed by atoms with Crippen molar-refractivity contribution in [1.82, 2.24) is 14.8 Å². The molecule has 0 bridgehead atoms. The summed E-state index contributed by atoms with van der Waals surface area (Å²) in [5.41, 5.74) is 0. The van der Waals surface area contributed by atoms with Gasteiger partial charge in [-0.2, -0.15) is 13.1 Å². The first kappa shape index (κ1) is 10.9. The minimum Gasteiger partial charge on any atom is -0.315 e. The number of piperidine rings is 1. The van der Waals surface area contributed by atoms with Gasteiger partial charge < -0.3 is 5.32 Å². The maximum absolute atomic E-state index is 11.2. The van der Waals surface area contributed by atoms with Crippen molar-refractivity contribution in [2.24, 2.45) is 0 Å². The fraction of sp³-hybridized carbons (Fsp3) is 1.00. The highest BCUT2D eigenvalue weighted by molar-refractivity contribution is 7.87. The third kappa shape index (κ3) is 4.04. The zero-order valence-corrected chi connectivity index (χ0v) is 8.65. The highest BCUT2D eigenvalue weighted by atomic mass is 32.2. The Hall–Kier alpha value is -0.170. The minimum absolute atomic E-state index is 0.0396. The van der Waals surface area contributed by atoms with Crippen molar-refractivity contribution < 1.29 is 8.42 Å². The van der Waals surface area contributed by atoms with Gasteiger partial charge in [0, 0.05) is 19.1 Å². The Morgan fingerprint density at radius 2 is 2.31 bits per heavy atom. The van der Waals surface area contributed by atoms with Gasteiger partial charge in [0.1, 0.15) is 0 Å². The summed E-state index contributed by atoms with van der Waals surface area (Å²) in [7, 11) is -3.27. The molecule has 0 saturated carbocycles. The molecule has 0 aromatic carbocycles. The molecule has 3 N–H and O–H groups in total. The van der Waals surface area contributed by atoms with E-state index in [1.54, 1.807) is 6.92 Å². The van der Waals surface area contributed by atoms with Gasteiger partial charge >= 0.3 is 0 Å². The molecule has 0 spiro atoms. The summed E-state index contributed by atoms with van der Waals surface area (Å²) in [5.74, 6) is 0. The molecular formula is C7H17N3O2S. The van der Waals surface area contributed by atoms with Gasteiger partial charge in [0.05, 0.1) is 0 Å². The average molecular weight is 207 g/mol. The second-order valence-corrected chi connectivity index (χ2v) is 4.69. The molecule has 0 aromatic rings. The predicted molar refractivity (Wildman–Crippen MR) is 51.6 cm³/mol. The van der Waals surface area contributed by atoms with Crippen molar-refractivity contribution in [2.45, 2.75) is 25.8 Å². The number of hydrogen-bond donors (Lipinski definition) is 3. The van der Waals surface area contributed by atoms with Crippen LogP contribution >= 0.6 is 0 Å². The lowest BCUT2D eigenvalue weighted by Gasteiger charge is -2.23. The van der Waals surface area contributed by atoms with Crippen LogP contribution in [0.25, 0.3) is 0 Å². The second kappa shape index (κ2) is 4.90. The first-order valence-electron chi connectivity index (χ1n) is 4.61. The molecule has 1 aliphatic rings. The molecule has 0 aliphatic carbocycles. The summed E-state index contributed by atoms with van der Waals surface area (Å²) in [6.45, 7) is 3.90. The van der Waals surface area contributed by atoms with E-state index in [1.165, 1.54) is 0 Å². The summed E-state index contributed by atoms with van der Waals surface area (Å²) in [4.78, 5) is 0. The molecule has 0 amide bonds. The molecular weight excluding hydrogens is 190 g/mol. The molecule has 1 rings (SSSR count). The smallest absolute Gasteiger partial charge is 0.277 e. The highest BCUT2D eigenvalue weighted by Gasteiger charge is 2.18. The van der Waals surface area contributed by atoms with Gasteiger partial charge in [-0.25, -0.2) is 4.72 Å². The van der Waals surface area contributed by atoms with Crippen molar-refractivity contribution in [1.29, 1.82) is 0 Å². The quantitative estimate of drug-likeness (QED) is 0.564. The van der Waals surface area contributed by atoms with Crippen LogP contribution in [0.3, 0.4) is 0 Å². The van der Waals surface area contributed by atoms with Crippen molar-refractivity contribution in [3.8, 4) is 0 Å². The van der Waals surface area contributed by atoms with Crippen LogP contribution in [0.4, 0.5) is 0 Å². The number of hydrogen-bond acceptors (Lipinski definition) is 3. The molecule has 1 atom stereocenters. The molecule has 13 heavy (non-hydrogen) atoms. The fourth-order valence-corrected chi connectivity index (χ4v) is 2.51. The van der Waals surface area contributed by atoms with Gasteiger partial charge in [-0.15, -0.1) is 0 Å². The number of rotatable bonds is 4. The van der Waals surface area contributed by atoms with Gasteiger partial charge in [-0.1, -0.05) is 6.92 Å². The van der Waals surface area contributed by atoms with E-state index in [9.17, 15) is 8.42 Å². The van der Waals surface area contributed by atoms with E-state index >= 15 is 0 Å². The topological polar surface area (TPSA) is 70.2 Å². The fourth-order valence-electron chi connectivity index (χ4n) is 1.40. The zero-order valence-electron chi connectivity index (χ0n) is 7.84. The SMILES string of the molecule is CCNS(=O)(=O)N[C@@H]1CCCNC1. The summed E-state index contributed by atoms with van der Waals surface area (Å²) in [6.07, 6.45) is 1.94. The number of nitrogens with one attached hydrogen (secondary N) is 3. The Labute approximate surface area is 79.5 Å².